The summed E-state index contributed by atoms with van der Waals surface area (Å²) < 4.78 is 18.5. The van der Waals surface area contributed by atoms with E-state index in [0.717, 1.165) is 28.1 Å². The van der Waals surface area contributed by atoms with Gasteiger partial charge in [-0.2, -0.15) is 0 Å². The lowest BCUT2D eigenvalue weighted by Crippen LogP contribution is -2.55. The Morgan fingerprint density at radius 2 is 1.59 bits per heavy atom. The van der Waals surface area contributed by atoms with Crippen LogP contribution in [0.15, 0.2) is 65.4 Å². The topological polar surface area (TPSA) is 126 Å². The number of aromatic carboxylic acids is 1. The number of nitrogens with zero attached hydrogens (tertiary/aromatic N) is 2. The number of carbonyl (C=O) groups excluding carboxylic acids is 1. The zero-order valence-electron chi connectivity index (χ0n) is 29.3. The molecule has 1 saturated heterocycles. The fourth-order valence-corrected chi connectivity index (χ4v) is 12.8. The highest BCUT2D eigenvalue weighted by Crippen LogP contribution is 2.48. The monoisotopic (exact) mass is 687 g/mol. The maximum absolute atomic E-state index is 13.4. The van der Waals surface area contributed by atoms with Crippen LogP contribution in [0.25, 0.3) is 5.57 Å². The number of nitrogens with two attached hydrogens (primary N) is 1. The molecule has 10 nitrogen and oxygen atoms in total. The molecule has 0 unspecified atom stereocenters. The molecule has 262 valence electrons. The van der Waals surface area contributed by atoms with E-state index in [9.17, 15) is 14.7 Å². The van der Waals surface area contributed by atoms with Crippen molar-refractivity contribution in [3.05, 3.63) is 87.6 Å². The number of rotatable bonds is 15. The lowest BCUT2D eigenvalue weighted by molar-refractivity contribution is -0.462. The Kier molecular flexibility index (Phi) is 12.4. The highest BCUT2D eigenvalue weighted by Gasteiger charge is 2.48. The van der Waals surface area contributed by atoms with Gasteiger partial charge in [0.15, 0.2) is 5.71 Å². The van der Waals surface area contributed by atoms with Crippen molar-refractivity contribution in [2.45, 2.75) is 31.4 Å². The van der Waals surface area contributed by atoms with E-state index in [0.29, 0.717) is 63.9 Å². The van der Waals surface area contributed by atoms with E-state index >= 15 is 0 Å². The molecule has 0 radical (unpaired) electrons. The molecular formula is C38H51N4O6Si+. The summed E-state index contributed by atoms with van der Waals surface area (Å²) in [5.41, 5.74) is 11.9. The van der Waals surface area contributed by atoms with E-state index in [-0.39, 0.29) is 11.5 Å². The third-order valence-corrected chi connectivity index (χ3v) is 14.9. The molecular weight excluding hydrogens is 637 g/mol. The average molecular weight is 688 g/mol. The predicted molar refractivity (Wildman–Crippen MR) is 197 cm³/mol. The number of benzene rings is 2. The van der Waals surface area contributed by atoms with Crippen molar-refractivity contribution in [2.75, 3.05) is 85.8 Å². The van der Waals surface area contributed by atoms with E-state index in [1.807, 2.05) is 0 Å². The van der Waals surface area contributed by atoms with Crippen molar-refractivity contribution in [3.8, 4) is 0 Å². The first-order valence-electron chi connectivity index (χ1n) is 17.3. The summed E-state index contributed by atoms with van der Waals surface area (Å²) in [6, 6.07) is 13.9. The largest absolute Gasteiger partial charge is 0.478 e. The van der Waals surface area contributed by atoms with Crippen molar-refractivity contribution >= 4 is 42.1 Å². The van der Waals surface area contributed by atoms with Gasteiger partial charge in [0.25, 0.3) is 5.91 Å². The molecule has 49 heavy (non-hydrogen) atoms. The molecule has 0 atom stereocenters. The maximum Gasteiger partial charge on any atom is 0.336 e. The van der Waals surface area contributed by atoms with E-state index < -0.39 is 14.0 Å². The highest BCUT2D eigenvalue weighted by atomic mass is 28.3. The standard InChI is InChI=1S/C38H50N4O6Si/c1-41(2)28-9-12-31-34(25-28)49(22-6-5-7-23-49)35-26-29(42(3)4)10-13-32(35)36(31)33-24-27(8-11-30(33)38(44)45)37(43)40-15-17-47-19-21-48-20-18-46-16-14-39/h8-13,24-26H,5-7,14-23,39H2,1-4H3,(H-,40,43,44,45)/p+1. The Bertz CT molecular complexity index is 1670. The van der Waals surface area contributed by atoms with Crippen LogP contribution in [0.4, 0.5) is 5.69 Å². The molecule has 0 saturated carbocycles. The SMILES string of the molecule is CN(C)c1ccc2c(c1)[Si]1(CCCCC1)C1=CC(=[N+](C)C)C=CC1=C2c1cc(C(=O)NCCOCCOCCOCCN)ccc1C(=O)O. The van der Waals surface area contributed by atoms with Gasteiger partial charge in [0.05, 0.1) is 45.2 Å². The van der Waals surface area contributed by atoms with Gasteiger partial charge in [-0.3, -0.25) is 4.79 Å². The third-order valence-electron chi connectivity index (χ3n) is 9.64. The summed E-state index contributed by atoms with van der Waals surface area (Å²) in [6.45, 7) is 3.42. The van der Waals surface area contributed by atoms with Crippen LogP contribution in [0.5, 0.6) is 0 Å². The van der Waals surface area contributed by atoms with Gasteiger partial charge in [0.1, 0.15) is 22.2 Å². The lowest BCUT2D eigenvalue weighted by Gasteiger charge is -2.45. The van der Waals surface area contributed by atoms with Crippen LogP contribution in [0.3, 0.4) is 0 Å². The molecule has 2 aliphatic heterocycles. The van der Waals surface area contributed by atoms with Crippen LogP contribution in [0.2, 0.25) is 12.1 Å². The summed E-state index contributed by atoms with van der Waals surface area (Å²) in [5.74, 6) is -1.31. The lowest BCUT2D eigenvalue weighted by atomic mass is 9.86. The molecule has 2 heterocycles. The molecule has 2 aromatic rings. The van der Waals surface area contributed by atoms with Gasteiger partial charge < -0.3 is 35.3 Å². The van der Waals surface area contributed by atoms with Crippen LogP contribution < -0.4 is 21.1 Å². The number of ether oxygens (including phenoxy) is 3. The summed E-state index contributed by atoms with van der Waals surface area (Å²) >= 11 is 0. The van der Waals surface area contributed by atoms with Gasteiger partial charge in [0.2, 0.25) is 0 Å². The van der Waals surface area contributed by atoms with Crippen LogP contribution in [0.1, 0.15) is 51.1 Å². The summed E-state index contributed by atoms with van der Waals surface area (Å²) in [5, 5.41) is 16.1. The Labute approximate surface area is 290 Å². The number of hydrogen-bond acceptors (Lipinski definition) is 7. The first-order valence-corrected chi connectivity index (χ1v) is 19.7. The zero-order valence-corrected chi connectivity index (χ0v) is 30.3. The average Bonchev–Trinajstić information content (AvgIpc) is 3.10. The molecule has 0 aromatic heterocycles. The Morgan fingerprint density at radius 3 is 2.24 bits per heavy atom. The number of carboxylic acids is 1. The summed E-state index contributed by atoms with van der Waals surface area (Å²) in [4.78, 5) is 28.3. The normalized spacial score (nSPS) is 16.3. The third kappa shape index (κ3) is 8.13. The first-order chi connectivity index (χ1) is 23.7. The Hall–Kier alpha value is -3.87. The minimum atomic E-state index is -2.20. The quantitative estimate of drug-likeness (QED) is 0.147. The Morgan fingerprint density at radius 1 is 0.898 bits per heavy atom. The van der Waals surface area contributed by atoms with Crippen molar-refractivity contribution < 1.29 is 33.5 Å². The first kappa shape index (κ1) is 36.4. The van der Waals surface area contributed by atoms with Crippen LogP contribution >= 0.6 is 0 Å². The summed E-state index contributed by atoms with van der Waals surface area (Å²) in [7, 11) is 6.05. The fourth-order valence-electron chi connectivity index (χ4n) is 7.17. The minimum Gasteiger partial charge on any atom is -0.478 e. The Balaban J connectivity index is 1.47. The van der Waals surface area contributed by atoms with Crippen LogP contribution in [-0.4, -0.2) is 116 Å². The molecule has 1 amide bonds. The van der Waals surface area contributed by atoms with Crippen molar-refractivity contribution in [1.82, 2.24) is 5.32 Å². The van der Waals surface area contributed by atoms with Gasteiger partial charge in [0, 0.05) is 50.6 Å². The van der Waals surface area contributed by atoms with Gasteiger partial charge in [-0.05, 0) is 81.2 Å². The van der Waals surface area contributed by atoms with E-state index in [1.54, 1.807) is 18.2 Å². The van der Waals surface area contributed by atoms with Gasteiger partial charge in [-0.1, -0.05) is 25.3 Å². The van der Waals surface area contributed by atoms with Gasteiger partial charge >= 0.3 is 5.97 Å². The number of carboxylic acid groups (broad SMARTS) is 1. The number of anilines is 1. The second-order valence-corrected chi connectivity index (χ2v) is 17.5. The number of allylic oxidation sites excluding steroid dienone is 5. The van der Waals surface area contributed by atoms with E-state index in [1.165, 1.54) is 41.7 Å². The highest BCUT2D eigenvalue weighted by molar-refractivity contribution is 7.00. The number of carbonyl (C=O) groups is 2. The number of fused-ring (bicyclic) bond motifs is 4. The number of hydrogen-bond donors (Lipinski definition) is 3. The number of nitrogens with one attached hydrogen (secondary N) is 1. The van der Waals surface area contributed by atoms with Crippen LogP contribution in [0, 0.1) is 0 Å². The van der Waals surface area contributed by atoms with Gasteiger partial charge in [-0.25, -0.2) is 9.37 Å². The zero-order chi connectivity index (χ0) is 35.0. The molecule has 0 bridgehead atoms. The molecule has 1 spiro atoms. The summed E-state index contributed by atoms with van der Waals surface area (Å²) in [6.07, 6.45) is 10.3. The minimum absolute atomic E-state index is 0.176. The van der Waals surface area contributed by atoms with Crippen molar-refractivity contribution in [2.24, 2.45) is 5.73 Å². The van der Waals surface area contributed by atoms with Crippen molar-refractivity contribution in [1.29, 1.82) is 0 Å². The molecule has 4 N–H and O–H groups in total. The van der Waals surface area contributed by atoms with E-state index in [4.69, 9.17) is 19.9 Å². The molecule has 1 aliphatic carbocycles. The van der Waals surface area contributed by atoms with Gasteiger partial charge in [-0.15, -0.1) is 0 Å². The number of amides is 1. The molecule has 5 rings (SSSR count). The smallest absolute Gasteiger partial charge is 0.336 e. The molecule has 1 fully saturated rings. The second-order valence-electron chi connectivity index (χ2n) is 13.2. The second kappa shape index (κ2) is 16.7. The van der Waals surface area contributed by atoms with Crippen molar-refractivity contribution in [3.63, 3.8) is 0 Å². The fraction of sp³-hybridized carbons (Fsp3) is 0.447. The molecule has 11 heteroatoms. The van der Waals surface area contributed by atoms with E-state index in [2.05, 4.69) is 79.4 Å². The predicted octanol–water partition coefficient (Wildman–Crippen LogP) is 3.59. The maximum atomic E-state index is 13.4. The molecule has 2 aromatic carbocycles. The van der Waals surface area contributed by atoms with Crippen LogP contribution in [-0.2, 0) is 14.2 Å². The molecule has 3 aliphatic rings.